The fourth-order valence-corrected chi connectivity index (χ4v) is 3.77. The number of carbonyl (C=O) groups is 1. The van der Waals surface area contributed by atoms with Crippen LogP contribution in [-0.4, -0.2) is 25.9 Å². The first-order valence-electron chi connectivity index (χ1n) is 9.51. The van der Waals surface area contributed by atoms with Crippen LogP contribution >= 0.6 is 27.5 Å². The summed E-state index contributed by atoms with van der Waals surface area (Å²) in [5.41, 5.74) is 4.20. The first kappa shape index (κ1) is 21.3. The molecule has 7 nitrogen and oxygen atoms in total. The van der Waals surface area contributed by atoms with E-state index in [0.717, 1.165) is 15.6 Å². The Balaban J connectivity index is 1.53. The van der Waals surface area contributed by atoms with Crippen LogP contribution in [0.2, 0.25) is 5.02 Å². The minimum Gasteiger partial charge on any atom is -0.441 e. The Kier molecular flexibility index (Phi) is 5.93. The van der Waals surface area contributed by atoms with Crippen molar-refractivity contribution < 1.29 is 9.21 Å². The predicted molar refractivity (Wildman–Crippen MR) is 122 cm³/mol. The van der Waals surface area contributed by atoms with Gasteiger partial charge in [0.2, 0.25) is 5.89 Å². The summed E-state index contributed by atoms with van der Waals surface area (Å²) in [4.78, 5) is 17.3. The molecule has 0 saturated heterocycles. The number of amides is 1. The predicted octanol–water partition coefficient (Wildman–Crippen LogP) is 5.57. The van der Waals surface area contributed by atoms with Gasteiger partial charge in [0, 0.05) is 15.1 Å². The average Bonchev–Trinajstić information content (AvgIpc) is 3.28. The highest BCUT2D eigenvalue weighted by molar-refractivity contribution is 9.10. The summed E-state index contributed by atoms with van der Waals surface area (Å²) >= 11 is 9.42. The first-order valence-corrected chi connectivity index (χ1v) is 10.7. The highest BCUT2D eigenvalue weighted by atomic mass is 79.9. The largest absolute Gasteiger partial charge is 0.441 e. The molecule has 2 heterocycles. The summed E-state index contributed by atoms with van der Waals surface area (Å²) in [6, 6.07) is 13.0. The number of anilines is 1. The molecular formula is C22H19BrClN5O2. The maximum Gasteiger partial charge on any atom is 0.278 e. The second-order valence-corrected chi connectivity index (χ2v) is 8.44. The lowest BCUT2D eigenvalue weighted by atomic mass is 10.2. The molecule has 0 fully saturated rings. The van der Waals surface area contributed by atoms with Gasteiger partial charge < -0.3 is 9.73 Å². The van der Waals surface area contributed by atoms with Crippen molar-refractivity contribution in [1.29, 1.82) is 0 Å². The second kappa shape index (κ2) is 8.64. The number of oxazole rings is 1. The van der Waals surface area contributed by atoms with E-state index in [4.69, 9.17) is 16.0 Å². The second-order valence-electron chi connectivity index (χ2n) is 7.15. The lowest BCUT2D eigenvalue weighted by molar-refractivity contribution is 0.102. The fraction of sp³-hybridized carbons (Fsp3) is 0.182. The Hall–Kier alpha value is -2.97. The average molecular weight is 501 g/mol. The Bertz CT molecular complexity index is 1260. The maximum atomic E-state index is 12.7. The van der Waals surface area contributed by atoms with E-state index in [1.165, 1.54) is 0 Å². The van der Waals surface area contributed by atoms with Gasteiger partial charge in [-0.3, -0.25) is 4.79 Å². The molecule has 0 radical (unpaired) electrons. The van der Waals surface area contributed by atoms with Gasteiger partial charge in [0.1, 0.15) is 11.5 Å². The quantitative estimate of drug-likeness (QED) is 0.387. The molecule has 158 valence electrons. The summed E-state index contributed by atoms with van der Waals surface area (Å²) in [5.74, 6) is 0.852. The number of aryl methyl sites for hydroxylation is 2. The third-order valence-corrected chi connectivity index (χ3v) is 5.76. The summed E-state index contributed by atoms with van der Waals surface area (Å²) in [6.07, 6.45) is 0. The smallest absolute Gasteiger partial charge is 0.278 e. The Morgan fingerprint density at radius 2 is 1.90 bits per heavy atom. The number of nitrogens with zero attached hydrogens (tertiary/aromatic N) is 4. The zero-order valence-electron chi connectivity index (χ0n) is 17.1. The number of carbonyl (C=O) groups excluding carboxylic acids is 1. The monoisotopic (exact) mass is 499 g/mol. The number of rotatable bonds is 5. The van der Waals surface area contributed by atoms with Crippen molar-refractivity contribution in [3.63, 3.8) is 0 Å². The van der Waals surface area contributed by atoms with Gasteiger partial charge in [-0.25, -0.2) is 9.67 Å². The third-order valence-electron chi connectivity index (χ3n) is 4.85. The Morgan fingerprint density at radius 1 is 1.16 bits per heavy atom. The van der Waals surface area contributed by atoms with Crippen LogP contribution in [0.25, 0.3) is 11.5 Å². The Morgan fingerprint density at radius 3 is 2.61 bits per heavy atom. The van der Waals surface area contributed by atoms with Crippen LogP contribution in [0.4, 0.5) is 5.69 Å². The molecule has 4 rings (SSSR count). The molecule has 9 heteroatoms. The molecule has 4 aromatic rings. The molecule has 0 saturated carbocycles. The van der Waals surface area contributed by atoms with E-state index in [1.807, 2.05) is 44.2 Å². The standard InChI is InChI=1S/C22H19BrClN5O2/c1-12-4-9-18(17(23)10-12)25-21(30)20-13(2)29(28-27-20)11-19-14(3)31-22(26-19)15-5-7-16(24)8-6-15/h4-10H,11H2,1-3H3,(H,25,30). The molecule has 0 atom stereocenters. The molecule has 0 aliphatic heterocycles. The van der Waals surface area contributed by atoms with E-state index in [0.29, 0.717) is 40.3 Å². The first-order chi connectivity index (χ1) is 14.8. The van der Waals surface area contributed by atoms with Gasteiger partial charge in [0.15, 0.2) is 5.69 Å². The fourth-order valence-electron chi connectivity index (χ4n) is 3.06. The van der Waals surface area contributed by atoms with E-state index in [2.05, 4.69) is 36.5 Å². The van der Waals surface area contributed by atoms with Crippen LogP contribution in [0.3, 0.4) is 0 Å². The van der Waals surface area contributed by atoms with Gasteiger partial charge in [-0.2, -0.15) is 0 Å². The van der Waals surface area contributed by atoms with Gasteiger partial charge in [-0.1, -0.05) is 22.9 Å². The zero-order valence-corrected chi connectivity index (χ0v) is 19.5. The molecule has 0 aliphatic carbocycles. The van der Waals surface area contributed by atoms with Crippen molar-refractivity contribution in [2.75, 3.05) is 5.32 Å². The van der Waals surface area contributed by atoms with Crippen LogP contribution in [0.5, 0.6) is 0 Å². The van der Waals surface area contributed by atoms with Crippen molar-refractivity contribution in [1.82, 2.24) is 20.0 Å². The summed E-state index contributed by atoms with van der Waals surface area (Å²) in [7, 11) is 0. The highest BCUT2D eigenvalue weighted by Gasteiger charge is 2.20. The van der Waals surface area contributed by atoms with E-state index < -0.39 is 0 Å². The molecule has 0 aliphatic rings. The highest BCUT2D eigenvalue weighted by Crippen LogP contribution is 2.25. The number of hydrogen-bond donors (Lipinski definition) is 1. The van der Waals surface area contributed by atoms with Crippen LogP contribution < -0.4 is 5.32 Å². The van der Waals surface area contributed by atoms with E-state index >= 15 is 0 Å². The summed E-state index contributed by atoms with van der Waals surface area (Å²) in [6.45, 7) is 5.96. The minimum absolute atomic E-state index is 0.256. The van der Waals surface area contributed by atoms with Gasteiger partial charge in [0.05, 0.1) is 17.9 Å². The summed E-state index contributed by atoms with van der Waals surface area (Å²) in [5, 5.41) is 11.7. The van der Waals surface area contributed by atoms with Crippen LogP contribution in [0.15, 0.2) is 51.4 Å². The molecular weight excluding hydrogens is 482 g/mol. The van der Waals surface area contributed by atoms with Crippen molar-refractivity contribution in [2.45, 2.75) is 27.3 Å². The molecule has 1 N–H and O–H groups in total. The van der Waals surface area contributed by atoms with Crippen molar-refractivity contribution in [3.8, 4) is 11.5 Å². The molecule has 0 spiro atoms. The molecule has 2 aromatic heterocycles. The SMILES string of the molecule is Cc1ccc(NC(=O)c2nnn(Cc3nc(-c4ccc(Cl)cc4)oc3C)c2C)c(Br)c1. The van der Waals surface area contributed by atoms with Crippen LogP contribution in [0.1, 0.15) is 33.2 Å². The molecule has 0 bridgehead atoms. The minimum atomic E-state index is -0.327. The maximum absolute atomic E-state index is 12.7. The molecule has 31 heavy (non-hydrogen) atoms. The molecule has 1 amide bonds. The van der Waals surface area contributed by atoms with Crippen molar-refractivity contribution in [2.24, 2.45) is 0 Å². The van der Waals surface area contributed by atoms with Crippen LogP contribution in [-0.2, 0) is 6.54 Å². The van der Waals surface area contributed by atoms with Crippen molar-refractivity contribution in [3.05, 3.63) is 80.4 Å². The number of nitrogens with one attached hydrogen (secondary N) is 1. The summed E-state index contributed by atoms with van der Waals surface area (Å²) < 4.78 is 8.25. The zero-order chi connectivity index (χ0) is 22.1. The topological polar surface area (TPSA) is 85.8 Å². The normalized spacial score (nSPS) is 11.0. The van der Waals surface area contributed by atoms with E-state index in [-0.39, 0.29) is 11.6 Å². The van der Waals surface area contributed by atoms with Crippen LogP contribution in [0, 0.1) is 20.8 Å². The van der Waals surface area contributed by atoms with E-state index in [1.54, 1.807) is 23.7 Å². The number of benzene rings is 2. The Labute approximate surface area is 192 Å². The lowest BCUT2D eigenvalue weighted by Gasteiger charge is -2.07. The number of hydrogen-bond acceptors (Lipinski definition) is 5. The van der Waals surface area contributed by atoms with Gasteiger partial charge in [-0.15, -0.1) is 5.10 Å². The lowest BCUT2D eigenvalue weighted by Crippen LogP contribution is -2.15. The molecule has 2 aromatic carbocycles. The number of halogens is 2. The van der Waals surface area contributed by atoms with Gasteiger partial charge >= 0.3 is 0 Å². The third kappa shape index (κ3) is 4.55. The van der Waals surface area contributed by atoms with Crippen molar-refractivity contribution >= 4 is 39.1 Å². The van der Waals surface area contributed by atoms with Gasteiger partial charge in [-0.05, 0) is 78.7 Å². The molecule has 0 unspecified atom stereocenters. The van der Waals surface area contributed by atoms with Gasteiger partial charge in [0.25, 0.3) is 5.91 Å². The van der Waals surface area contributed by atoms with E-state index in [9.17, 15) is 4.79 Å². The number of aromatic nitrogens is 4.